The second kappa shape index (κ2) is 8.60. The number of anilines is 1. The van der Waals surface area contributed by atoms with Crippen LogP contribution in [0, 0.1) is 11.6 Å². The third-order valence-corrected chi connectivity index (χ3v) is 5.72. The Kier molecular flexibility index (Phi) is 5.98. The standard InChI is InChI=1S/C22H13ClF5N3OS/c23-16-5-4-12(24)9-15(16)19-18-14(21(33)30-19)2-1-3-17(18)29-20(31-32)10-6-11(22(26,27)28)8-13(25)7-10/h1-9,19,32H,(H,29,31)(H,30,33). The van der Waals surface area contributed by atoms with Gasteiger partial charge in [0.05, 0.1) is 11.6 Å². The number of rotatable bonds is 3. The van der Waals surface area contributed by atoms with Crippen molar-refractivity contribution in [2.45, 2.75) is 12.2 Å². The van der Waals surface area contributed by atoms with Crippen molar-refractivity contribution in [3.05, 3.63) is 99.1 Å². The summed E-state index contributed by atoms with van der Waals surface area (Å²) in [6.45, 7) is 0. The Balaban J connectivity index is 1.79. The van der Waals surface area contributed by atoms with Gasteiger partial charge in [0, 0.05) is 33.0 Å². The Hall–Kier alpha value is -3.24. The summed E-state index contributed by atoms with van der Waals surface area (Å²) in [6, 6.07) is 9.78. The predicted octanol–water partition coefficient (Wildman–Crippen LogP) is 6.25. The molecule has 1 aliphatic heterocycles. The first kappa shape index (κ1) is 22.9. The molecular weight excluding hydrogens is 485 g/mol. The lowest BCUT2D eigenvalue weighted by molar-refractivity contribution is -0.137. The topological polar surface area (TPSA) is 56.7 Å². The molecule has 1 unspecified atom stereocenters. The molecule has 1 aliphatic rings. The van der Waals surface area contributed by atoms with Crippen molar-refractivity contribution in [3.8, 4) is 0 Å². The van der Waals surface area contributed by atoms with E-state index in [-0.39, 0.29) is 16.3 Å². The van der Waals surface area contributed by atoms with Crippen LogP contribution in [0.4, 0.5) is 27.6 Å². The molecule has 33 heavy (non-hydrogen) atoms. The van der Waals surface area contributed by atoms with Crippen LogP contribution in [-0.2, 0) is 6.18 Å². The van der Waals surface area contributed by atoms with Gasteiger partial charge in [0.2, 0.25) is 0 Å². The average molecular weight is 498 g/mol. The molecule has 3 aromatic rings. The Labute approximate surface area is 194 Å². The minimum absolute atomic E-state index is 0.260. The maximum atomic E-state index is 13.9. The minimum Gasteiger partial charge on any atom is -0.409 e. The third kappa shape index (κ3) is 4.49. The highest BCUT2D eigenvalue weighted by molar-refractivity contribution is 7.80. The summed E-state index contributed by atoms with van der Waals surface area (Å²) in [7, 11) is 0. The van der Waals surface area contributed by atoms with Crippen LogP contribution < -0.4 is 10.6 Å². The van der Waals surface area contributed by atoms with E-state index < -0.39 is 35.3 Å². The predicted molar refractivity (Wildman–Crippen MR) is 118 cm³/mol. The highest BCUT2D eigenvalue weighted by Gasteiger charge is 2.33. The van der Waals surface area contributed by atoms with Crippen LogP contribution in [0.1, 0.15) is 33.9 Å². The number of alkyl halides is 3. The van der Waals surface area contributed by atoms with E-state index in [0.717, 1.165) is 6.07 Å². The van der Waals surface area contributed by atoms with E-state index in [1.807, 2.05) is 0 Å². The Morgan fingerprint density at radius 2 is 1.82 bits per heavy atom. The lowest BCUT2D eigenvalue weighted by Crippen LogP contribution is -2.21. The van der Waals surface area contributed by atoms with Gasteiger partial charge in [-0.25, -0.2) is 8.78 Å². The van der Waals surface area contributed by atoms with E-state index in [0.29, 0.717) is 33.8 Å². The smallest absolute Gasteiger partial charge is 0.409 e. The van der Waals surface area contributed by atoms with E-state index in [4.69, 9.17) is 23.8 Å². The maximum Gasteiger partial charge on any atom is 0.416 e. The lowest BCUT2D eigenvalue weighted by atomic mass is 9.96. The van der Waals surface area contributed by atoms with Gasteiger partial charge >= 0.3 is 6.18 Å². The highest BCUT2D eigenvalue weighted by Crippen LogP contribution is 2.40. The van der Waals surface area contributed by atoms with Crippen molar-refractivity contribution in [1.29, 1.82) is 0 Å². The van der Waals surface area contributed by atoms with Crippen LogP contribution >= 0.6 is 23.8 Å². The zero-order valence-corrected chi connectivity index (χ0v) is 17.9. The number of nitrogens with zero attached hydrogens (tertiary/aromatic N) is 1. The van der Waals surface area contributed by atoms with Crippen LogP contribution in [0.5, 0.6) is 0 Å². The number of thiocarbonyl (C=S) groups is 1. The molecule has 11 heteroatoms. The van der Waals surface area contributed by atoms with Crippen molar-refractivity contribution in [2.24, 2.45) is 5.16 Å². The van der Waals surface area contributed by atoms with Crippen molar-refractivity contribution < 1.29 is 27.2 Å². The fourth-order valence-corrected chi connectivity index (χ4v) is 4.13. The molecule has 0 fully saturated rings. The van der Waals surface area contributed by atoms with E-state index >= 15 is 0 Å². The number of benzene rings is 3. The van der Waals surface area contributed by atoms with Crippen molar-refractivity contribution in [1.82, 2.24) is 5.32 Å². The minimum atomic E-state index is -4.80. The van der Waals surface area contributed by atoms with E-state index in [2.05, 4.69) is 15.8 Å². The van der Waals surface area contributed by atoms with E-state index in [9.17, 15) is 27.2 Å². The van der Waals surface area contributed by atoms with Gasteiger partial charge in [0.25, 0.3) is 0 Å². The van der Waals surface area contributed by atoms with Crippen molar-refractivity contribution >= 4 is 40.3 Å². The molecule has 3 N–H and O–H groups in total. The molecule has 1 heterocycles. The van der Waals surface area contributed by atoms with Crippen molar-refractivity contribution in [3.63, 3.8) is 0 Å². The molecular formula is C22H13ClF5N3OS. The van der Waals surface area contributed by atoms with E-state index in [1.54, 1.807) is 18.2 Å². The monoisotopic (exact) mass is 497 g/mol. The lowest BCUT2D eigenvalue weighted by Gasteiger charge is -2.19. The number of amidine groups is 1. The first-order valence-electron chi connectivity index (χ1n) is 9.34. The fraction of sp³-hybridized carbons (Fsp3) is 0.0909. The van der Waals surface area contributed by atoms with Gasteiger partial charge in [0.1, 0.15) is 16.6 Å². The van der Waals surface area contributed by atoms with E-state index in [1.165, 1.54) is 18.2 Å². The van der Waals surface area contributed by atoms with Crippen LogP contribution in [-0.4, -0.2) is 16.0 Å². The molecule has 0 aliphatic carbocycles. The van der Waals surface area contributed by atoms with Crippen LogP contribution in [0.25, 0.3) is 0 Å². The van der Waals surface area contributed by atoms with Crippen LogP contribution in [0.2, 0.25) is 5.02 Å². The molecule has 4 rings (SSSR count). The largest absolute Gasteiger partial charge is 0.416 e. The molecule has 1 atom stereocenters. The number of oxime groups is 1. The Bertz CT molecular complexity index is 1300. The first-order chi connectivity index (χ1) is 15.6. The zero-order chi connectivity index (χ0) is 23.9. The average Bonchev–Trinajstić information content (AvgIpc) is 3.10. The summed E-state index contributed by atoms with van der Waals surface area (Å²) in [4.78, 5) is 0.339. The number of fused-ring (bicyclic) bond motifs is 1. The molecule has 4 nitrogen and oxygen atoms in total. The quantitative estimate of drug-likeness (QED) is 0.0999. The Morgan fingerprint density at radius 3 is 2.52 bits per heavy atom. The number of hydrogen-bond donors (Lipinski definition) is 3. The van der Waals surface area contributed by atoms with Crippen LogP contribution in [0.15, 0.2) is 59.8 Å². The number of halogens is 6. The molecule has 0 amide bonds. The molecule has 3 aromatic carbocycles. The summed E-state index contributed by atoms with van der Waals surface area (Å²) < 4.78 is 67.2. The maximum absolute atomic E-state index is 13.9. The van der Waals surface area contributed by atoms with Gasteiger partial charge in [-0.2, -0.15) is 13.2 Å². The number of hydrogen-bond acceptors (Lipinski definition) is 3. The van der Waals surface area contributed by atoms with Gasteiger partial charge in [-0.15, -0.1) is 0 Å². The Morgan fingerprint density at radius 1 is 1.06 bits per heavy atom. The fourth-order valence-electron chi connectivity index (χ4n) is 3.61. The molecule has 0 aromatic heterocycles. The second-order valence-electron chi connectivity index (χ2n) is 7.14. The van der Waals surface area contributed by atoms with Gasteiger partial charge < -0.3 is 15.8 Å². The summed E-state index contributed by atoms with van der Waals surface area (Å²) in [5.41, 5.74) is 0.147. The first-order valence-corrected chi connectivity index (χ1v) is 10.1. The zero-order valence-electron chi connectivity index (χ0n) is 16.3. The molecule has 0 saturated carbocycles. The molecule has 0 radical (unpaired) electrons. The number of nitrogens with one attached hydrogen (secondary N) is 2. The second-order valence-corrected chi connectivity index (χ2v) is 7.95. The molecule has 0 bridgehead atoms. The van der Waals surface area contributed by atoms with Gasteiger partial charge in [-0.1, -0.05) is 41.1 Å². The summed E-state index contributed by atoms with van der Waals surface area (Å²) in [5.74, 6) is -2.12. The van der Waals surface area contributed by atoms with Gasteiger partial charge in [-0.3, -0.25) is 0 Å². The van der Waals surface area contributed by atoms with Gasteiger partial charge in [0.15, 0.2) is 5.84 Å². The molecule has 0 spiro atoms. The molecule has 170 valence electrons. The summed E-state index contributed by atoms with van der Waals surface area (Å²) in [5, 5.41) is 18.6. The van der Waals surface area contributed by atoms with Crippen LogP contribution in [0.3, 0.4) is 0 Å². The van der Waals surface area contributed by atoms with Crippen molar-refractivity contribution in [2.75, 3.05) is 5.32 Å². The SMILES string of the molecule is O/N=C(\Nc1cccc2c1C(c1cc(F)ccc1Cl)NC2=S)c1cc(F)cc(C(F)(F)F)c1. The highest BCUT2D eigenvalue weighted by atomic mass is 35.5. The molecule has 0 saturated heterocycles. The van der Waals surface area contributed by atoms with Gasteiger partial charge in [-0.05, 0) is 42.5 Å². The normalized spacial score (nSPS) is 15.9. The third-order valence-electron chi connectivity index (χ3n) is 5.04. The summed E-state index contributed by atoms with van der Waals surface area (Å²) in [6.07, 6.45) is -4.80. The summed E-state index contributed by atoms with van der Waals surface area (Å²) >= 11 is 11.6.